The fourth-order valence-electron chi connectivity index (χ4n) is 1.94. The Hall–Kier alpha value is -1.44. The Morgan fingerprint density at radius 2 is 1.91 bits per heavy atom. The van der Waals surface area contributed by atoms with E-state index in [2.05, 4.69) is 10.2 Å². The van der Waals surface area contributed by atoms with Crippen LogP contribution in [0.25, 0.3) is 0 Å². The first-order valence-electron chi connectivity index (χ1n) is 7.01. The van der Waals surface area contributed by atoms with Crippen LogP contribution in [0, 0.1) is 0 Å². The van der Waals surface area contributed by atoms with E-state index >= 15 is 0 Å². The lowest BCUT2D eigenvalue weighted by molar-refractivity contribution is 0.391. The Labute approximate surface area is 134 Å². The van der Waals surface area contributed by atoms with Crippen molar-refractivity contribution in [2.24, 2.45) is 5.73 Å². The molecule has 120 valence electrons. The quantitative estimate of drug-likeness (QED) is 0.739. The first-order chi connectivity index (χ1) is 10.5. The summed E-state index contributed by atoms with van der Waals surface area (Å²) in [6.45, 7) is 0.640. The molecule has 0 unspecified atom stereocenters. The topological polar surface area (TPSA) is 99.1 Å². The van der Waals surface area contributed by atoms with Crippen molar-refractivity contribution >= 4 is 21.4 Å². The van der Waals surface area contributed by atoms with Crippen LogP contribution in [0.15, 0.2) is 33.9 Å². The molecule has 0 bridgehead atoms. The largest absolute Gasteiger partial charge is 0.413 e. The molecular weight excluding hydrogens is 326 g/mol. The van der Waals surface area contributed by atoms with Gasteiger partial charge < -0.3 is 10.2 Å². The molecule has 0 fully saturated rings. The van der Waals surface area contributed by atoms with E-state index < -0.39 is 9.84 Å². The smallest absolute Gasteiger partial charge is 0.335 e. The molecule has 0 saturated carbocycles. The highest BCUT2D eigenvalue weighted by molar-refractivity contribution is 7.90. The Bertz CT molecular complexity index is 716. The number of hydrogen-bond acceptors (Lipinski definition) is 6. The molecule has 2 N–H and O–H groups in total. The maximum absolute atomic E-state index is 12.3. The van der Waals surface area contributed by atoms with Crippen molar-refractivity contribution in [2.75, 3.05) is 6.54 Å². The van der Waals surface area contributed by atoms with Crippen molar-refractivity contribution in [3.63, 3.8) is 0 Å². The molecule has 0 saturated heterocycles. The maximum Gasteiger partial charge on any atom is 0.335 e. The highest BCUT2D eigenvalue weighted by atomic mass is 35.5. The lowest BCUT2D eigenvalue weighted by atomic mass is 10.2. The fourth-order valence-corrected chi connectivity index (χ4v) is 3.40. The van der Waals surface area contributed by atoms with Crippen LogP contribution in [0.5, 0.6) is 0 Å². The van der Waals surface area contributed by atoms with Gasteiger partial charge in [0.05, 0.1) is 5.75 Å². The Morgan fingerprint density at radius 1 is 1.14 bits per heavy atom. The van der Waals surface area contributed by atoms with Gasteiger partial charge in [-0.1, -0.05) is 41.3 Å². The molecule has 0 aliphatic carbocycles. The number of sulfone groups is 1. The number of aryl methyl sites for hydroxylation is 1. The molecule has 8 heteroatoms. The fraction of sp³-hybridized carbons (Fsp3) is 0.429. The lowest BCUT2D eigenvalue weighted by Crippen LogP contribution is -2.05. The Kier molecular flexibility index (Phi) is 5.93. The van der Waals surface area contributed by atoms with Crippen LogP contribution in [0.2, 0.25) is 5.02 Å². The zero-order valence-corrected chi connectivity index (χ0v) is 13.6. The molecule has 2 rings (SSSR count). The second-order valence-corrected chi connectivity index (χ2v) is 7.19. The van der Waals surface area contributed by atoms with Crippen molar-refractivity contribution < 1.29 is 12.8 Å². The van der Waals surface area contributed by atoms with E-state index in [9.17, 15) is 8.42 Å². The van der Waals surface area contributed by atoms with E-state index in [1.807, 2.05) is 0 Å². The number of unbranched alkanes of at least 4 members (excludes halogenated alkanes) is 2. The summed E-state index contributed by atoms with van der Waals surface area (Å²) >= 11 is 5.98. The molecule has 0 amide bonds. The summed E-state index contributed by atoms with van der Waals surface area (Å²) in [5, 5.41) is 7.46. The van der Waals surface area contributed by atoms with Gasteiger partial charge in [-0.2, -0.15) is 0 Å². The minimum atomic E-state index is -3.69. The van der Waals surface area contributed by atoms with Gasteiger partial charge in [0.2, 0.25) is 15.7 Å². The van der Waals surface area contributed by atoms with Crippen LogP contribution < -0.4 is 5.73 Å². The summed E-state index contributed by atoms with van der Waals surface area (Å²) in [4.78, 5) is 0. The molecule has 0 radical (unpaired) electrons. The van der Waals surface area contributed by atoms with Crippen LogP contribution in [-0.4, -0.2) is 25.2 Å². The van der Waals surface area contributed by atoms with Crippen LogP contribution >= 0.6 is 11.6 Å². The average molecular weight is 344 g/mol. The van der Waals surface area contributed by atoms with Crippen LogP contribution in [0.4, 0.5) is 0 Å². The van der Waals surface area contributed by atoms with Gasteiger partial charge in [0.25, 0.3) is 0 Å². The van der Waals surface area contributed by atoms with Crippen molar-refractivity contribution in [3.05, 3.63) is 40.7 Å². The van der Waals surface area contributed by atoms with Crippen LogP contribution in [0.1, 0.15) is 30.7 Å². The molecule has 0 aliphatic rings. The summed E-state index contributed by atoms with van der Waals surface area (Å²) in [7, 11) is -3.69. The van der Waals surface area contributed by atoms with Crippen molar-refractivity contribution in [2.45, 2.75) is 36.7 Å². The first kappa shape index (κ1) is 16.9. The molecule has 22 heavy (non-hydrogen) atoms. The summed E-state index contributed by atoms with van der Waals surface area (Å²) in [6, 6.07) is 6.77. The second-order valence-electron chi connectivity index (χ2n) is 4.91. The SMILES string of the molecule is NCCCCCc1nnc(S(=O)(=O)Cc2ccccc2Cl)o1. The number of hydrogen-bond donors (Lipinski definition) is 1. The maximum atomic E-state index is 12.3. The predicted octanol–water partition coefficient (Wildman–Crippen LogP) is 2.37. The molecule has 0 atom stereocenters. The van der Waals surface area contributed by atoms with Crippen molar-refractivity contribution in [1.82, 2.24) is 10.2 Å². The van der Waals surface area contributed by atoms with E-state index in [4.69, 9.17) is 21.8 Å². The molecule has 1 aromatic heterocycles. The number of benzene rings is 1. The first-order valence-corrected chi connectivity index (χ1v) is 9.04. The summed E-state index contributed by atoms with van der Waals surface area (Å²) in [6.07, 6.45) is 3.25. The van der Waals surface area contributed by atoms with Crippen molar-refractivity contribution in [3.8, 4) is 0 Å². The van der Waals surface area contributed by atoms with E-state index in [-0.39, 0.29) is 11.0 Å². The molecule has 6 nitrogen and oxygen atoms in total. The number of aromatic nitrogens is 2. The monoisotopic (exact) mass is 343 g/mol. The van der Waals surface area contributed by atoms with Crippen LogP contribution in [-0.2, 0) is 22.0 Å². The molecule has 0 spiro atoms. The number of halogens is 1. The third-order valence-electron chi connectivity index (χ3n) is 3.11. The van der Waals surface area contributed by atoms with Gasteiger partial charge in [-0.05, 0) is 31.0 Å². The third-order valence-corrected chi connectivity index (χ3v) is 4.87. The van der Waals surface area contributed by atoms with E-state index in [1.54, 1.807) is 24.3 Å². The average Bonchev–Trinajstić information content (AvgIpc) is 2.96. The number of nitrogens with zero attached hydrogens (tertiary/aromatic N) is 2. The van der Waals surface area contributed by atoms with Crippen LogP contribution in [0.3, 0.4) is 0 Å². The molecular formula is C14H18ClN3O3S. The van der Waals surface area contributed by atoms with E-state index in [0.717, 1.165) is 19.3 Å². The highest BCUT2D eigenvalue weighted by Crippen LogP contribution is 2.21. The van der Waals surface area contributed by atoms with Gasteiger partial charge in [0, 0.05) is 11.4 Å². The Balaban J connectivity index is 2.04. The molecule has 1 heterocycles. The van der Waals surface area contributed by atoms with Gasteiger partial charge in [-0.3, -0.25) is 0 Å². The highest BCUT2D eigenvalue weighted by Gasteiger charge is 2.23. The lowest BCUT2D eigenvalue weighted by Gasteiger charge is -2.02. The number of nitrogens with two attached hydrogens (primary N) is 1. The van der Waals surface area contributed by atoms with Gasteiger partial charge in [-0.15, -0.1) is 5.10 Å². The normalized spacial score (nSPS) is 11.7. The standard InChI is InChI=1S/C14H18ClN3O3S/c15-12-7-4-3-6-11(12)10-22(19,20)14-18-17-13(21-14)8-2-1-5-9-16/h3-4,6-7H,1-2,5,8-10,16H2. The minimum absolute atomic E-state index is 0.262. The van der Waals surface area contributed by atoms with Gasteiger partial charge in [0.15, 0.2) is 0 Å². The van der Waals surface area contributed by atoms with Gasteiger partial charge in [-0.25, -0.2) is 8.42 Å². The van der Waals surface area contributed by atoms with E-state index in [0.29, 0.717) is 29.4 Å². The third kappa shape index (κ3) is 4.53. The predicted molar refractivity (Wildman–Crippen MR) is 83.2 cm³/mol. The van der Waals surface area contributed by atoms with Gasteiger partial charge in [0.1, 0.15) is 0 Å². The summed E-state index contributed by atoms with van der Waals surface area (Å²) in [5.74, 6) is 0.0661. The zero-order valence-electron chi connectivity index (χ0n) is 12.0. The zero-order chi connectivity index (χ0) is 16.0. The summed E-state index contributed by atoms with van der Waals surface area (Å²) < 4.78 is 29.8. The molecule has 1 aromatic carbocycles. The minimum Gasteiger partial charge on any atom is -0.413 e. The molecule has 0 aliphatic heterocycles. The van der Waals surface area contributed by atoms with Gasteiger partial charge >= 0.3 is 5.22 Å². The number of rotatable bonds is 8. The molecule has 2 aromatic rings. The Morgan fingerprint density at radius 3 is 2.64 bits per heavy atom. The summed E-state index contributed by atoms with van der Waals surface area (Å²) in [5.41, 5.74) is 5.92. The van der Waals surface area contributed by atoms with E-state index in [1.165, 1.54) is 0 Å². The second kappa shape index (κ2) is 7.71. The van der Waals surface area contributed by atoms with Crippen molar-refractivity contribution in [1.29, 1.82) is 0 Å².